The molecule has 0 spiro atoms. The molecule has 0 fully saturated rings. The van der Waals surface area contributed by atoms with Gasteiger partial charge in [-0.25, -0.2) is 0 Å². The Hall–Kier alpha value is -0.310. The maximum Gasteiger partial charge on any atom is 0.0482 e. The largest absolute Gasteiger partial charge is 0.143 e. The molecular formula is C11H8BrClS. The van der Waals surface area contributed by atoms with E-state index in [1.807, 2.05) is 0 Å². The second kappa shape index (κ2) is 4.47. The summed E-state index contributed by atoms with van der Waals surface area (Å²) in [6.45, 7) is 0. The number of halogens is 2. The van der Waals surface area contributed by atoms with Crippen LogP contribution in [0.2, 0.25) is 0 Å². The molecule has 0 unspecified atom stereocenters. The summed E-state index contributed by atoms with van der Waals surface area (Å²) in [4.78, 5) is 1.27. The summed E-state index contributed by atoms with van der Waals surface area (Å²) in [5.41, 5.74) is 2.43. The smallest absolute Gasteiger partial charge is 0.0482 e. The van der Waals surface area contributed by atoms with Crippen molar-refractivity contribution in [1.82, 2.24) is 0 Å². The van der Waals surface area contributed by atoms with E-state index < -0.39 is 0 Å². The fourth-order valence-corrected chi connectivity index (χ4v) is 2.64. The van der Waals surface area contributed by atoms with Gasteiger partial charge in [-0.15, -0.1) is 22.9 Å². The first-order valence-electron chi connectivity index (χ1n) is 4.19. The Morgan fingerprint density at radius 1 is 1.21 bits per heavy atom. The summed E-state index contributed by atoms with van der Waals surface area (Å²) in [5, 5.41) is 2.10. The molecule has 0 aliphatic heterocycles. The van der Waals surface area contributed by atoms with E-state index in [9.17, 15) is 0 Å². The number of rotatable bonds is 2. The van der Waals surface area contributed by atoms with Gasteiger partial charge in [0.15, 0.2) is 0 Å². The van der Waals surface area contributed by atoms with Crippen LogP contribution in [0.25, 0.3) is 10.4 Å². The minimum Gasteiger partial charge on any atom is -0.143 e. The maximum atomic E-state index is 5.75. The summed E-state index contributed by atoms with van der Waals surface area (Å²) in [6, 6.07) is 10.5. The molecule has 1 heterocycles. The number of thiophene rings is 1. The molecule has 0 N–H and O–H groups in total. The van der Waals surface area contributed by atoms with E-state index in [0.29, 0.717) is 5.88 Å². The van der Waals surface area contributed by atoms with E-state index in [4.69, 9.17) is 11.6 Å². The molecule has 2 aromatic rings. The zero-order valence-electron chi connectivity index (χ0n) is 7.34. The van der Waals surface area contributed by atoms with Crippen LogP contribution in [0.15, 0.2) is 40.2 Å². The predicted octanol–water partition coefficient (Wildman–Crippen LogP) is 4.92. The molecule has 0 amide bonds. The fourth-order valence-electron chi connectivity index (χ4n) is 1.21. The molecule has 0 saturated carbocycles. The van der Waals surface area contributed by atoms with E-state index in [0.717, 1.165) is 4.47 Å². The highest BCUT2D eigenvalue weighted by Crippen LogP contribution is 2.28. The summed E-state index contributed by atoms with van der Waals surface area (Å²) in [5.74, 6) is 0.590. The lowest BCUT2D eigenvalue weighted by molar-refractivity contribution is 1.46. The Morgan fingerprint density at radius 3 is 2.50 bits per heavy atom. The van der Waals surface area contributed by atoms with Gasteiger partial charge in [0.25, 0.3) is 0 Å². The average Bonchev–Trinajstić information content (AvgIpc) is 2.67. The monoisotopic (exact) mass is 286 g/mol. The van der Waals surface area contributed by atoms with Crippen molar-refractivity contribution >= 4 is 38.9 Å². The van der Waals surface area contributed by atoms with Crippen LogP contribution in [0.3, 0.4) is 0 Å². The van der Waals surface area contributed by atoms with Crippen molar-refractivity contribution in [2.45, 2.75) is 5.88 Å². The number of hydrogen-bond donors (Lipinski definition) is 0. The molecule has 72 valence electrons. The number of hydrogen-bond acceptors (Lipinski definition) is 1. The molecule has 0 aliphatic carbocycles. The molecule has 0 aliphatic rings. The molecule has 14 heavy (non-hydrogen) atoms. The van der Waals surface area contributed by atoms with Crippen LogP contribution in [-0.2, 0) is 5.88 Å². The summed E-state index contributed by atoms with van der Waals surface area (Å²) >= 11 is 10.9. The number of alkyl halides is 1. The SMILES string of the molecule is ClCc1csc(-c2ccc(Br)cc2)c1. The fraction of sp³-hybridized carbons (Fsp3) is 0.0909. The van der Waals surface area contributed by atoms with Crippen LogP contribution in [0.5, 0.6) is 0 Å². The van der Waals surface area contributed by atoms with Crippen LogP contribution >= 0.6 is 38.9 Å². The van der Waals surface area contributed by atoms with Crippen molar-refractivity contribution in [1.29, 1.82) is 0 Å². The third-order valence-electron chi connectivity index (χ3n) is 1.94. The molecular weight excluding hydrogens is 280 g/mol. The predicted molar refractivity (Wildman–Crippen MR) is 67.0 cm³/mol. The van der Waals surface area contributed by atoms with E-state index in [1.165, 1.54) is 16.0 Å². The van der Waals surface area contributed by atoms with Crippen LogP contribution in [0, 0.1) is 0 Å². The minimum absolute atomic E-state index is 0.590. The van der Waals surface area contributed by atoms with Crippen LogP contribution in [0.1, 0.15) is 5.56 Å². The molecule has 1 aromatic carbocycles. The van der Waals surface area contributed by atoms with Gasteiger partial charge in [-0.1, -0.05) is 28.1 Å². The third-order valence-corrected chi connectivity index (χ3v) is 3.80. The lowest BCUT2D eigenvalue weighted by atomic mass is 10.2. The van der Waals surface area contributed by atoms with Crippen molar-refractivity contribution in [3.8, 4) is 10.4 Å². The van der Waals surface area contributed by atoms with Crippen molar-refractivity contribution in [2.24, 2.45) is 0 Å². The first-order chi connectivity index (χ1) is 6.79. The number of benzene rings is 1. The maximum absolute atomic E-state index is 5.75. The van der Waals surface area contributed by atoms with E-state index in [1.54, 1.807) is 11.3 Å². The Kier molecular flexibility index (Phi) is 3.26. The Balaban J connectivity index is 2.34. The molecule has 3 heteroatoms. The first-order valence-corrected chi connectivity index (χ1v) is 6.39. The van der Waals surface area contributed by atoms with Crippen molar-refractivity contribution in [2.75, 3.05) is 0 Å². The molecule has 0 atom stereocenters. The van der Waals surface area contributed by atoms with Gasteiger partial charge in [-0.2, -0.15) is 0 Å². The first kappa shape index (κ1) is 10.2. The van der Waals surface area contributed by atoms with Gasteiger partial charge in [0.1, 0.15) is 0 Å². The van der Waals surface area contributed by atoms with Crippen molar-refractivity contribution in [3.63, 3.8) is 0 Å². The molecule has 0 radical (unpaired) electrons. The van der Waals surface area contributed by atoms with Gasteiger partial charge in [0.05, 0.1) is 0 Å². The lowest BCUT2D eigenvalue weighted by Crippen LogP contribution is -1.71. The molecule has 0 saturated heterocycles. The Morgan fingerprint density at radius 2 is 1.93 bits per heavy atom. The zero-order valence-corrected chi connectivity index (χ0v) is 10.5. The lowest BCUT2D eigenvalue weighted by Gasteiger charge is -1.96. The summed E-state index contributed by atoms with van der Waals surface area (Å²) in [6.07, 6.45) is 0. The highest BCUT2D eigenvalue weighted by molar-refractivity contribution is 9.10. The average molecular weight is 288 g/mol. The molecule has 0 nitrogen and oxygen atoms in total. The normalized spacial score (nSPS) is 10.4. The van der Waals surface area contributed by atoms with Gasteiger partial charge >= 0.3 is 0 Å². The van der Waals surface area contributed by atoms with Gasteiger partial charge in [-0.05, 0) is 34.7 Å². The Bertz CT molecular complexity index is 419. The van der Waals surface area contributed by atoms with Crippen molar-refractivity contribution < 1.29 is 0 Å². The highest BCUT2D eigenvalue weighted by Gasteiger charge is 2.01. The summed E-state index contributed by atoms with van der Waals surface area (Å²) < 4.78 is 1.11. The third kappa shape index (κ3) is 2.19. The van der Waals surface area contributed by atoms with E-state index in [2.05, 4.69) is 51.6 Å². The molecule has 0 bridgehead atoms. The molecule has 1 aromatic heterocycles. The topological polar surface area (TPSA) is 0 Å². The van der Waals surface area contributed by atoms with Crippen molar-refractivity contribution in [3.05, 3.63) is 45.7 Å². The zero-order chi connectivity index (χ0) is 9.97. The minimum atomic E-state index is 0.590. The Labute approximate surface area is 101 Å². The highest BCUT2D eigenvalue weighted by atomic mass is 79.9. The van der Waals surface area contributed by atoms with Crippen LogP contribution in [-0.4, -0.2) is 0 Å². The quantitative estimate of drug-likeness (QED) is 0.688. The van der Waals surface area contributed by atoms with Gasteiger partial charge in [0.2, 0.25) is 0 Å². The summed E-state index contributed by atoms with van der Waals surface area (Å²) in [7, 11) is 0. The van der Waals surface area contributed by atoms with Crippen LogP contribution < -0.4 is 0 Å². The second-order valence-electron chi connectivity index (χ2n) is 2.96. The second-order valence-corrected chi connectivity index (χ2v) is 5.05. The van der Waals surface area contributed by atoms with E-state index >= 15 is 0 Å². The van der Waals surface area contributed by atoms with Gasteiger partial charge in [0, 0.05) is 15.2 Å². The van der Waals surface area contributed by atoms with Gasteiger partial charge in [-0.3, -0.25) is 0 Å². The molecule has 2 rings (SSSR count). The van der Waals surface area contributed by atoms with Gasteiger partial charge < -0.3 is 0 Å². The standard InChI is InChI=1S/C11H8BrClS/c12-10-3-1-9(2-4-10)11-5-8(6-13)7-14-11/h1-5,7H,6H2. The van der Waals surface area contributed by atoms with Crippen LogP contribution in [0.4, 0.5) is 0 Å². The van der Waals surface area contributed by atoms with E-state index in [-0.39, 0.29) is 0 Å².